The second-order valence-corrected chi connectivity index (χ2v) is 4.39. The Morgan fingerprint density at radius 3 is 2.81 bits per heavy atom. The third kappa shape index (κ3) is 1.87. The van der Waals surface area contributed by atoms with Gasteiger partial charge in [0.2, 0.25) is 0 Å². The van der Waals surface area contributed by atoms with Gasteiger partial charge in [0, 0.05) is 12.6 Å². The first-order chi connectivity index (χ1) is 7.77. The molecule has 1 aromatic rings. The van der Waals surface area contributed by atoms with Crippen LogP contribution < -0.4 is 15.4 Å². The summed E-state index contributed by atoms with van der Waals surface area (Å²) in [7, 11) is 1.72. The van der Waals surface area contributed by atoms with E-state index < -0.39 is 0 Å². The van der Waals surface area contributed by atoms with Gasteiger partial charge in [0.25, 0.3) is 0 Å². The zero-order chi connectivity index (χ0) is 11.5. The van der Waals surface area contributed by atoms with Crippen molar-refractivity contribution in [2.24, 2.45) is 11.7 Å². The second kappa shape index (κ2) is 4.74. The highest BCUT2D eigenvalue weighted by Crippen LogP contribution is 2.35. The van der Waals surface area contributed by atoms with E-state index in [0.29, 0.717) is 12.0 Å². The summed E-state index contributed by atoms with van der Waals surface area (Å²) in [5.41, 5.74) is 6.97. The van der Waals surface area contributed by atoms with E-state index in [9.17, 15) is 0 Å². The molecule has 0 bridgehead atoms. The number of rotatable bonds is 3. The van der Waals surface area contributed by atoms with E-state index in [0.717, 1.165) is 18.8 Å². The lowest BCUT2D eigenvalue weighted by atomic mass is 10.0. The van der Waals surface area contributed by atoms with Crippen LogP contribution in [0.4, 0.5) is 5.69 Å². The van der Waals surface area contributed by atoms with E-state index >= 15 is 0 Å². The average molecular weight is 220 g/mol. The molecule has 0 saturated carbocycles. The fourth-order valence-corrected chi connectivity index (χ4v) is 2.53. The molecule has 1 aliphatic heterocycles. The molecule has 1 fully saturated rings. The van der Waals surface area contributed by atoms with Crippen LogP contribution in [0.25, 0.3) is 0 Å². The van der Waals surface area contributed by atoms with Crippen LogP contribution in [0, 0.1) is 5.92 Å². The number of para-hydroxylation sites is 2. The molecule has 1 heterocycles. The van der Waals surface area contributed by atoms with Gasteiger partial charge < -0.3 is 15.4 Å². The van der Waals surface area contributed by atoms with Crippen LogP contribution in [0.3, 0.4) is 0 Å². The Morgan fingerprint density at radius 1 is 1.44 bits per heavy atom. The molecule has 0 radical (unpaired) electrons. The van der Waals surface area contributed by atoms with E-state index in [1.807, 2.05) is 12.1 Å². The number of hydrogen-bond acceptors (Lipinski definition) is 3. The normalized spacial score (nSPS) is 24.8. The van der Waals surface area contributed by atoms with Crippen LogP contribution >= 0.6 is 0 Å². The predicted octanol–water partition coefficient (Wildman–Crippen LogP) is 1.87. The summed E-state index contributed by atoms with van der Waals surface area (Å²) < 4.78 is 5.40. The minimum atomic E-state index is 0.501. The van der Waals surface area contributed by atoms with E-state index in [-0.39, 0.29) is 0 Å². The largest absolute Gasteiger partial charge is 0.495 e. The number of benzene rings is 1. The van der Waals surface area contributed by atoms with Gasteiger partial charge in [-0.25, -0.2) is 0 Å². The Hall–Kier alpha value is -1.22. The second-order valence-electron chi connectivity index (χ2n) is 4.39. The average Bonchev–Trinajstić information content (AvgIpc) is 2.70. The van der Waals surface area contributed by atoms with Gasteiger partial charge in [-0.1, -0.05) is 12.1 Å². The number of ether oxygens (including phenoxy) is 1. The Morgan fingerprint density at radius 2 is 2.19 bits per heavy atom. The molecule has 0 aromatic heterocycles. The Balaban J connectivity index is 2.24. The van der Waals surface area contributed by atoms with Crippen LogP contribution in [0.2, 0.25) is 0 Å². The molecule has 3 heteroatoms. The molecule has 1 aliphatic rings. The third-order valence-corrected chi connectivity index (χ3v) is 3.61. The first kappa shape index (κ1) is 11.3. The molecule has 3 nitrogen and oxygen atoms in total. The monoisotopic (exact) mass is 220 g/mol. The molecule has 2 N–H and O–H groups in total. The number of nitrogens with two attached hydrogens (primary N) is 1. The fourth-order valence-electron chi connectivity index (χ4n) is 2.53. The van der Waals surface area contributed by atoms with Gasteiger partial charge in [0.1, 0.15) is 5.75 Å². The third-order valence-electron chi connectivity index (χ3n) is 3.61. The zero-order valence-electron chi connectivity index (χ0n) is 10.0. The first-order valence-corrected chi connectivity index (χ1v) is 5.87. The maximum absolute atomic E-state index is 5.78. The molecule has 2 unspecified atom stereocenters. The van der Waals surface area contributed by atoms with E-state index in [4.69, 9.17) is 10.5 Å². The van der Waals surface area contributed by atoms with Crippen molar-refractivity contribution < 1.29 is 4.74 Å². The molecule has 0 spiro atoms. The van der Waals surface area contributed by atoms with Gasteiger partial charge in [-0.2, -0.15) is 0 Å². The topological polar surface area (TPSA) is 38.5 Å². The van der Waals surface area contributed by atoms with Crippen molar-refractivity contribution in [3.63, 3.8) is 0 Å². The number of methoxy groups -OCH3 is 1. The standard InChI is InChI=1S/C13H20N2O/c1-10-11(9-14)7-8-15(10)12-5-3-4-6-13(12)16-2/h3-6,10-11H,7-9,14H2,1-2H3. The Labute approximate surface area is 97.2 Å². The summed E-state index contributed by atoms with van der Waals surface area (Å²) in [5.74, 6) is 1.55. The van der Waals surface area contributed by atoms with Crippen LogP contribution in [0.15, 0.2) is 24.3 Å². The van der Waals surface area contributed by atoms with Crippen molar-refractivity contribution in [3.8, 4) is 5.75 Å². The summed E-state index contributed by atoms with van der Waals surface area (Å²) in [5, 5.41) is 0. The Bertz CT molecular complexity index is 354. The molecule has 0 amide bonds. The lowest BCUT2D eigenvalue weighted by molar-refractivity contribution is 0.413. The number of anilines is 1. The van der Waals surface area contributed by atoms with Crippen molar-refractivity contribution in [1.29, 1.82) is 0 Å². The molecule has 1 aromatic carbocycles. The minimum Gasteiger partial charge on any atom is -0.495 e. The number of hydrogen-bond donors (Lipinski definition) is 1. The van der Waals surface area contributed by atoms with Gasteiger partial charge in [0.05, 0.1) is 12.8 Å². The maximum Gasteiger partial charge on any atom is 0.142 e. The van der Waals surface area contributed by atoms with Gasteiger partial charge >= 0.3 is 0 Å². The van der Waals surface area contributed by atoms with Gasteiger partial charge in [-0.05, 0) is 37.9 Å². The number of nitrogens with zero attached hydrogens (tertiary/aromatic N) is 1. The molecule has 2 atom stereocenters. The van der Waals surface area contributed by atoms with Gasteiger partial charge in [-0.3, -0.25) is 0 Å². The predicted molar refractivity (Wildman–Crippen MR) is 67.0 cm³/mol. The minimum absolute atomic E-state index is 0.501. The highest BCUT2D eigenvalue weighted by Gasteiger charge is 2.30. The van der Waals surface area contributed by atoms with Gasteiger partial charge in [-0.15, -0.1) is 0 Å². The molecule has 88 valence electrons. The lowest BCUT2D eigenvalue weighted by Gasteiger charge is -2.27. The van der Waals surface area contributed by atoms with E-state index in [2.05, 4.69) is 24.0 Å². The summed E-state index contributed by atoms with van der Waals surface area (Å²) >= 11 is 0. The van der Waals surface area contributed by atoms with Gasteiger partial charge in [0.15, 0.2) is 0 Å². The quantitative estimate of drug-likeness (QED) is 0.845. The molecule has 2 rings (SSSR count). The van der Waals surface area contributed by atoms with Crippen molar-refractivity contribution >= 4 is 5.69 Å². The van der Waals surface area contributed by atoms with Crippen LogP contribution in [0.1, 0.15) is 13.3 Å². The molecule has 0 aliphatic carbocycles. The summed E-state index contributed by atoms with van der Waals surface area (Å²) in [6.45, 7) is 4.09. The van der Waals surface area contributed by atoms with Crippen LogP contribution in [-0.4, -0.2) is 26.2 Å². The Kier molecular flexibility index (Phi) is 3.34. The molecule has 1 saturated heterocycles. The maximum atomic E-state index is 5.78. The first-order valence-electron chi connectivity index (χ1n) is 5.87. The van der Waals surface area contributed by atoms with Crippen molar-refractivity contribution in [1.82, 2.24) is 0 Å². The summed E-state index contributed by atoms with van der Waals surface area (Å²) in [6, 6.07) is 8.69. The lowest BCUT2D eigenvalue weighted by Crippen LogP contribution is -2.32. The van der Waals surface area contributed by atoms with E-state index in [1.54, 1.807) is 7.11 Å². The summed E-state index contributed by atoms with van der Waals surface area (Å²) in [4.78, 5) is 2.40. The van der Waals surface area contributed by atoms with E-state index in [1.165, 1.54) is 12.1 Å². The van der Waals surface area contributed by atoms with Crippen LogP contribution in [-0.2, 0) is 0 Å². The highest BCUT2D eigenvalue weighted by molar-refractivity contribution is 5.59. The molecular formula is C13H20N2O. The summed E-state index contributed by atoms with van der Waals surface area (Å²) in [6.07, 6.45) is 1.18. The van der Waals surface area contributed by atoms with Crippen LogP contribution in [0.5, 0.6) is 5.75 Å². The fraction of sp³-hybridized carbons (Fsp3) is 0.538. The van der Waals surface area contributed by atoms with Crippen molar-refractivity contribution in [2.75, 3.05) is 25.1 Å². The highest BCUT2D eigenvalue weighted by atomic mass is 16.5. The molecular weight excluding hydrogens is 200 g/mol. The van der Waals surface area contributed by atoms with Crippen molar-refractivity contribution in [2.45, 2.75) is 19.4 Å². The van der Waals surface area contributed by atoms with Crippen molar-refractivity contribution in [3.05, 3.63) is 24.3 Å². The zero-order valence-corrected chi connectivity index (χ0v) is 10.0. The SMILES string of the molecule is COc1ccccc1N1CCC(CN)C1C. The molecule has 16 heavy (non-hydrogen) atoms. The smallest absolute Gasteiger partial charge is 0.142 e.